The molecule has 18 heavy (non-hydrogen) atoms. The zero-order valence-electron chi connectivity index (χ0n) is 13.7. The summed E-state index contributed by atoms with van der Waals surface area (Å²) in [6.07, 6.45) is 3.90. The first kappa shape index (κ1) is 18.3. The van der Waals surface area contributed by atoms with Crippen LogP contribution in [0.25, 0.3) is 0 Å². The number of nitrogens with one attached hydrogen (secondary N) is 1. The molecular formula is C16H35NS. The van der Waals surface area contributed by atoms with E-state index in [0.717, 1.165) is 18.4 Å². The first-order valence-corrected chi connectivity index (χ1v) is 8.60. The van der Waals surface area contributed by atoms with Crippen molar-refractivity contribution in [2.75, 3.05) is 12.3 Å². The summed E-state index contributed by atoms with van der Waals surface area (Å²) >= 11 is 2.09. The van der Waals surface area contributed by atoms with Gasteiger partial charge in [-0.15, -0.1) is 0 Å². The molecule has 0 fully saturated rings. The summed E-state index contributed by atoms with van der Waals surface area (Å²) < 4.78 is 0.382. The van der Waals surface area contributed by atoms with Gasteiger partial charge in [-0.1, -0.05) is 48.5 Å². The maximum atomic E-state index is 3.73. The van der Waals surface area contributed by atoms with Crippen LogP contribution >= 0.6 is 11.8 Å². The average molecular weight is 274 g/mol. The average Bonchev–Trinajstić information content (AvgIpc) is 2.19. The van der Waals surface area contributed by atoms with Gasteiger partial charge in [-0.25, -0.2) is 0 Å². The monoisotopic (exact) mass is 273 g/mol. The van der Waals surface area contributed by atoms with Crippen molar-refractivity contribution in [2.24, 2.45) is 11.8 Å². The van der Waals surface area contributed by atoms with Gasteiger partial charge in [0.25, 0.3) is 0 Å². The highest BCUT2D eigenvalue weighted by Gasteiger charge is 2.18. The van der Waals surface area contributed by atoms with Crippen LogP contribution in [-0.2, 0) is 0 Å². The maximum absolute atomic E-state index is 3.73. The Balaban J connectivity index is 4.13. The Kier molecular flexibility index (Phi) is 9.41. The molecule has 0 bridgehead atoms. The van der Waals surface area contributed by atoms with Gasteiger partial charge >= 0.3 is 0 Å². The van der Waals surface area contributed by atoms with Crippen molar-refractivity contribution in [2.45, 2.75) is 78.5 Å². The molecule has 2 atom stereocenters. The fourth-order valence-corrected chi connectivity index (χ4v) is 3.25. The summed E-state index contributed by atoms with van der Waals surface area (Å²) in [6, 6.07) is 0.683. The molecule has 1 nitrogen and oxygen atoms in total. The third-order valence-corrected chi connectivity index (χ3v) is 4.40. The highest BCUT2D eigenvalue weighted by molar-refractivity contribution is 8.00. The molecule has 0 aliphatic rings. The zero-order valence-corrected chi connectivity index (χ0v) is 14.5. The summed E-state index contributed by atoms with van der Waals surface area (Å²) in [5.41, 5.74) is 0. The normalized spacial score (nSPS) is 16.0. The van der Waals surface area contributed by atoms with E-state index < -0.39 is 0 Å². The van der Waals surface area contributed by atoms with Gasteiger partial charge in [-0.05, 0) is 37.6 Å². The van der Waals surface area contributed by atoms with Crippen LogP contribution in [0, 0.1) is 11.8 Å². The van der Waals surface area contributed by atoms with Crippen molar-refractivity contribution in [3.63, 3.8) is 0 Å². The smallest absolute Gasteiger partial charge is 0.0160 e. The molecule has 2 heteroatoms. The SMILES string of the molecule is CCCNC(CSC(C)(C)C)CC(C)CC(C)C. The molecule has 0 aliphatic heterocycles. The molecule has 0 amide bonds. The first-order valence-electron chi connectivity index (χ1n) is 7.62. The number of rotatable bonds is 9. The first-order chi connectivity index (χ1) is 8.24. The minimum Gasteiger partial charge on any atom is -0.313 e. The van der Waals surface area contributed by atoms with Crippen LogP contribution in [0.4, 0.5) is 0 Å². The van der Waals surface area contributed by atoms with E-state index in [1.165, 1.54) is 25.0 Å². The molecule has 110 valence electrons. The predicted molar refractivity (Wildman–Crippen MR) is 87.5 cm³/mol. The van der Waals surface area contributed by atoms with Crippen molar-refractivity contribution in [1.29, 1.82) is 0 Å². The van der Waals surface area contributed by atoms with Crippen molar-refractivity contribution >= 4 is 11.8 Å². The molecule has 0 aliphatic carbocycles. The molecule has 1 N–H and O–H groups in total. The van der Waals surface area contributed by atoms with E-state index in [1.807, 2.05) is 0 Å². The van der Waals surface area contributed by atoms with Crippen molar-refractivity contribution in [3.05, 3.63) is 0 Å². The maximum Gasteiger partial charge on any atom is 0.0160 e. The van der Waals surface area contributed by atoms with Crippen molar-refractivity contribution in [1.82, 2.24) is 5.32 Å². The summed E-state index contributed by atoms with van der Waals surface area (Å²) in [4.78, 5) is 0. The second-order valence-corrected chi connectivity index (χ2v) is 8.89. The lowest BCUT2D eigenvalue weighted by Crippen LogP contribution is -2.35. The number of hydrogen-bond donors (Lipinski definition) is 1. The van der Waals surface area contributed by atoms with Crippen molar-refractivity contribution < 1.29 is 0 Å². The Morgan fingerprint density at radius 2 is 1.67 bits per heavy atom. The quantitative estimate of drug-likeness (QED) is 0.637. The van der Waals surface area contributed by atoms with Crippen LogP contribution in [-0.4, -0.2) is 23.1 Å². The van der Waals surface area contributed by atoms with Gasteiger partial charge in [0, 0.05) is 16.5 Å². The Labute approximate surface area is 120 Å². The highest BCUT2D eigenvalue weighted by atomic mass is 32.2. The molecule has 2 unspecified atom stereocenters. The largest absolute Gasteiger partial charge is 0.313 e. The highest BCUT2D eigenvalue weighted by Crippen LogP contribution is 2.26. The topological polar surface area (TPSA) is 12.0 Å². The van der Waals surface area contributed by atoms with Crippen LogP contribution in [0.15, 0.2) is 0 Å². The fourth-order valence-electron chi connectivity index (χ4n) is 2.30. The summed E-state index contributed by atoms with van der Waals surface area (Å²) in [5, 5.41) is 3.73. The second kappa shape index (κ2) is 9.25. The van der Waals surface area contributed by atoms with Crippen LogP contribution in [0.5, 0.6) is 0 Å². The Morgan fingerprint density at radius 3 is 2.11 bits per heavy atom. The van der Waals surface area contributed by atoms with E-state index >= 15 is 0 Å². The molecule has 0 aromatic heterocycles. The van der Waals surface area contributed by atoms with E-state index in [-0.39, 0.29) is 0 Å². The molecule has 0 aromatic carbocycles. The summed E-state index contributed by atoms with van der Waals surface area (Å²) in [7, 11) is 0. The molecule has 0 rings (SSSR count). The van der Waals surface area contributed by atoms with E-state index in [1.54, 1.807) is 0 Å². The summed E-state index contributed by atoms with van der Waals surface area (Å²) in [6.45, 7) is 17.4. The van der Waals surface area contributed by atoms with Crippen LogP contribution in [0.1, 0.15) is 67.7 Å². The van der Waals surface area contributed by atoms with Gasteiger partial charge in [-0.3, -0.25) is 0 Å². The molecule has 0 saturated carbocycles. The molecular weight excluding hydrogens is 238 g/mol. The van der Waals surface area contributed by atoms with E-state index in [9.17, 15) is 0 Å². The molecule has 0 aromatic rings. The third kappa shape index (κ3) is 11.4. The minimum absolute atomic E-state index is 0.382. The van der Waals surface area contributed by atoms with Gasteiger partial charge in [0.15, 0.2) is 0 Å². The summed E-state index contributed by atoms with van der Waals surface area (Å²) in [5.74, 6) is 2.90. The minimum atomic E-state index is 0.382. The Morgan fingerprint density at radius 1 is 1.06 bits per heavy atom. The van der Waals surface area contributed by atoms with Crippen LogP contribution in [0.2, 0.25) is 0 Å². The van der Waals surface area contributed by atoms with E-state index in [0.29, 0.717) is 10.8 Å². The van der Waals surface area contributed by atoms with Gasteiger partial charge in [0.2, 0.25) is 0 Å². The van der Waals surface area contributed by atoms with Crippen LogP contribution < -0.4 is 5.32 Å². The molecule has 0 heterocycles. The molecule has 0 spiro atoms. The van der Waals surface area contributed by atoms with Crippen LogP contribution in [0.3, 0.4) is 0 Å². The van der Waals surface area contributed by atoms with E-state index in [2.05, 4.69) is 65.5 Å². The van der Waals surface area contributed by atoms with Gasteiger partial charge in [0.05, 0.1) is 0 Å². The van der Waals surface area contributed by atoms with Crippen molar-refractivity contribution in [3.8, 4) is 0 Å². The van der Waals surface area contributed by atoms with Gasteiger partial charge in [0.1, 0.15) is 0 Å². The van der Waals surface area contributed by atoms with Gasteiger partial charge < -0.3 is 5.32 Å². The fraction of sp³-hybridized carbons (Fsp3) is 1.00. The second-order valence-electron chi connectivity index (χ2n) is 7.04. The lowest BCUT2D eigenvalue weighted by molar-refractivity contribution is 0.366. The van der Waals surface area contributed by atoms with Gasteiger partial charge in [-0.2, -0.15) is 11.8 Å². The predicted octanol–water partition coefficient (Wildman–Crippen LogP) is 4.96. The molecule has 0 saturated heterocycles. The lowest BCUT2D eigenvalue weighted by atomic mass is 9.93. The third-order valence-electron chi connectivity index (χ3n) is 2.96. The van der Waals surface area contributed by atoms with E-state index in [4.69, 9.17) is 0 Å². The lowest BCUT2D eigenvalue weighted by Gasteiger charge is -2.26. The Hall–Kier alpha value is 0.310. The Bertz CT molecular complexity index is 196. The molecule has 0 radical (unpaired) electrons. The zero-order chi connectivity index (χ0) is 14.2. The standard InChI is InChI=1S/C16H35NS/c1-8-9-17-15(12-18-16(5,6)7)11-14(4)10-13(2)3/h13-15,17H,8-12H2,1-7H3. The number of thioether (sulfide) groups is 1. The number of hydrogen-bond acceptors (Lipinski definition) is 2.